The van der Waals surface area contributed by atoms with Crippen molar-refractivity contribution in [1.29, 1.82) is 0 Å². The number of rotatable bonds is 6. The second-order valence-electron chi connectivity index (χ2n) is 7.56. The molecule has 1 N–H and O–H groups in total. The van der Waals surface area contributed by atoms with E-state index in [0.717, 1.165) is 12.0 Å². The summed E-state index contributed by atoms with van der Waals surface area (Å²) in [6, 6.07) is 18.3. The molecular formula is C22H28N2O3S. The molecule has 2 aromatic carbocycles. The maximum absolute atomic E-state index is 13.0. The van der Waals surface area contributed by atoms with Crippen LogP contribution in [-0.4, -0.2) is 31.7 Å². The first-order valence-corrected chi connectivity index (χ1v) is 11.2. The van der Waals surface area contributed by atoms with E-state index >= 15 is 0 Å². The largest absolute Gasteiger partial charge is 0.347 e. The Morgan fingerprint density at radius 3 is 2.32 bits per heavy atom. The summed E-state index contributed by atoms with van der Waals surface area (Å²) in [5, 5.41) is 3.18. The molecule has 1 amide bonds. The molecule has 6 heteroatoms. The van der Waals surface area contributed by atoms with Gasteiger partial charge in [-0.1, -0.05) is 55.5 Å². The van der Waals surface area contributed by atoms with Gasteiger partial charge < -0.3 is 5.32 Å². The van der Waals surface area contributed by atoms with E-state index in [1.165, 1.54) is 4.31 Å². The Kier molecular flexibility index (Phi) is 6.20. The highest BCUT2D eigenvalue weighted by atomic mass is 32.2. The Hall–Kier alpha value is -2.18. The van der Waals surface area contributed by atoms with Crippen molar-refractivity contribution in [3.05, 3.63) is 66.2 Å². The van der Waals surface area contributed by atoms with E-state index in [1.807, 2.05) is 44.2 Å². The number of piperidine rings is 1. The van der Waals surface area contributed by atoms with Gasteiger partial charge in [0.2, 0.25) is 15.9 Å². The molecule has 0 spiro atoms. The van der Waals surface area contributed by atoms with Crippen LogP contribution < -0.4 is 5.32 Å². The summed E-state index contributed by atoms with van der Waals surface area (Å²) in [5.74, 6) is -0.428. The first-order valence-electron chi connectivity index (χ1n) is 9.79. The Morgan fingerprint density at radius 1 is 1.11 bits per heavy atom. The minimum absolute atomic E-state index is 0.0823. The third kappa shape index (κ3) is 4.28. The van der Waals surface area contributed by atoms with Crippen molar-refractivity contribution in [1.82, 2.24) is 9.62 Å². The quantitative estimate of drug-likeness (QED) is 0.807. The average molecular weight is 401 g/mol. The van der Waals surface area contributed by atoms with E-state index in [9.17, 15) is 13.2 Å². The van der Waals surface area contributed by atoms with E-state index in [-0.39, 0.29) is 23.3 Å². The minimum atomic E-state index is -3.58. The number of carbonyl (C=O) groups is 1. The van der Waals surface area contributed by atoms with E-state index in [2.05, 4.69) is 5.32 Å². The molecule has 28 heavy (non-hydrogen) atoms. The van der Waals surface area contributed by atoms with Gasteiger partial charge in [-0.15, -0.1) is 0 Å². The maximum Gasteiger partial charge on any atom is 0.243 e. The number of hydrogen-bond donors (Lipinski definition) is 1. The smallest absolute Gasteiger partial charge is 0.243 e. The van der Waals surface area contributed by atoms with Gasteiger partial charge in [0.1, 0.15) is 0 Å². The van der Waals surface area contributed by atoms with Crippen molar-refractivity contribution in [2.75, 3.05) is 13.1 Å². The molecule has 0 saturated carbocycles. The number of benzene rings is 2. The van der Waals surface area contributed by atoms with Crippen LogP contribution in [0.1, 0.15) is 38.7 Å². The van der Waals surface area contributed by atoms with Gasteiger partial charge in [-0.3, -0.25) is 4.79 Å². The van der Waals surface area contributed by atoms with Crippen LogP contribution in [-0.2, 0) is 20.4 Å². The molecule has 1 aliphatic rings. The zero-order valence-electron chi connectivity index (χ0n) is 16.5. The summed E-state index contributed by atoms with van der Waals surface area (Å²) in [5.41, 5.74) is 0.578. The Labute approximate surface area is 167 Å². The predicted octanol–water partition coefficient (Wildman–Crippen LogP) is 3.53. The first-order chi connectivity index (χ1) is 13.4. The van der Waals surface area contributed by atoms with E-state index in [4.69, 9.17) is 0 Å². The summed E-state index contributed by atoms with van der Waals surface area (Å²) in [4.78, 5) is 13.3. The van der Waals surface area contributed by atoms with Crippen LogP contribution >= 0.6 is 0 Å². The second kappa shape index (κ2) is 8.45. The molecule has 3 rings (SSSR count). The number of nitrogens with zero attached hydrogens (tertiary/aromatic N) is 1. The number of amides is 1. The SMILES string of the molecule is CCC(C)(NC(=O)C1CCCN(S(=O)(=O)c2ccccc2)C1)c1ccccc1. The van der Waals surface area contributed by atoms with Crippen LogP contribution in [0.5, 0.6) is 0 Å². The van der Waals surface area contributed by atoms with Gasteiger partial charge in [0.25, 0.3) is 0 Å². The summed E-state index contributed by atoms with van der Waals surface area (Å²) in [6.45, 7) is 4.73. The molecule has 0 radical (unpaired) electrons. The molecule has 1 fully saturated rings. The van der Waals surface area contributed by atoms with Crippen LogP contribution in [0.15, 0.2) is 65.6 Å². The van der Waals surface area contributed by atoms with E-state index in [0.29, 0.717) is 19.4 Å². The summed E-state index contributed by atoms with van der Waals surface area (Å²) < 4.78 is 27.3. The van der Waals surface area contributed by atoms with Crippen LogP contribution in [0.3, 0.4) is 0 Å². The molecular weight excluding hydrogens is 372 g/mol. The molecule has 150 valence electrons. The third-order valence-electron chi connectivity index (χ3n) is 5.65. The van der Waals surface area contributed by atoms with Crippen molar-refractivity contribution < 1.29 is 13.2 Å². The fraction of sp³-hybridized carbons (Fsp3) is 0.409. The van der Waals surface area contributed by atoms with Gasteiger partial charge in [0.15, 0.2) is 0 Å². The van der Waals surface area contributed by atoms with Gasteiger partial charge in [-0.05, 0) is 43.9 Å². The number of carbonyl (C=O) groups excluding carboxylic acids is 1. The third-order valence-corrected chi connectivity index (χ3v) is 7.53. The highest BCUT2D eigenvalue weighted by molar-refractivity contribution is 7.89. The fourth-order valence-electron chi connectivity index (χ4n) is 3.66. The zero-order chi connectivity index (χ0) is 20.2. The molecule has 1 heterocycles. The molecule has 0 aliphatic carbocycles. The number of hydrogen-bond acceptors (Lipinski definition) is 3. The molecule has 2 atom stereocenters. The topological polar surface area (TPSA) is 66.5 Å². The lowest BCUT2D eigenvalue weighted by atomic mass is 9.88. The van der Waals surface area contributed by atoms with Gasteiger partial charge >= 0.3 is 0 Å². The second-order valence-corrected chi connectivity index (χ2v) is 9.49. The summed E-state index contributed by atoms with van der Waals surface area (Å²) in [6.07, 6.45) is 2.13. The molecule has 0 aromatic heterocycles. The minimum Gasteiger partial charge on any atom is -0.347 e. The number of nitrogens with one attached hydrogen (secondary N) is 1. The molecule has 5 nitrogen and oxygen atoms in total. The van der Waals surface area contributed by atoms with Crippen LogP contribution in [0.4, 0.5) is 0 Å². The Bertz CT molecular complexity index is 900. The van der Waals surface area contributed by atoms with Crippen molar-refractivity contribution >= 4 is 15.9 Å². The molecule has 2 unspecified atom stereocenters. The summed E-state index contributed by atoms with van der Waals surface area (Å²) in [7, 11) is -3.58. The highest BCUT2D eigenvalue weighted by Gasteiger charge is 2.36. The molecule has 2 aromatic rings. The lowest BCUT2D eigenvalue weighted by molar-refractivity contribution is -0.128. The molecule has 1 aliphatic heterocycles. The zero-order valence-corrected chi connectivity index (χ0v) is 17.3. The highest BCUT2D eigenvalue weighted by Crippen LogP contribution is 2.28. The molecule has 1 saturated heterocycles. The lowest BCUT2D eigenvalue weighted by Gasteiger charge is -2.35. The van der Waals surface area contributed by atoms with Crippen molar-refractivity contribution in [2.24, 2.45) is 5.92 Å². The van der Waals surface area contributed by atoms with Crippen molar-refractivity contribution in [3.63, 3.8) is 0 Å². The maximum atomic E-state index is 13.0. The van der Waals surface area contributed by atoms with Gasteiger partial charge in [-0.25, -0.2) is 8.42 Å². The van der Waals surface area contributed by atoms with Crippen LogP contribution in [0.25, 0.3) is 0 Å². The lowest BCUT2D eigenvalue weighted by Crippen LogP contribution is -2.50. The van der Waals surface area contributed by atoms with Gasteiger partial charge in [0.05, 0.1) is 16.4 Å². The van der Waals surface area contributed by atoms with Gasteiger partial charge in [-0.2, -0.15) is 4.31 Å². The van der Waals surface area contributed by atoms with Crippen LogP contribution in [0.2, 0.25) is 0 Å². The van der Waals surface area contributed by atoms with Crippen molar-refractivity contribution in [2.45, 2.75) is 43.5 Å². The van der Waals surface area contributed by atoms with E-state index < -0.39 is 15.6 Å². The average Bonchev–Trinajstić information content (AvgIpc) is 2.75. The normalized spacial score (nSPS) is 20.3. The molecule has 0 bridgehead atoms. The standard InChI is InChI=1S/C22H28N2O3S/c1-3-22(2,19-12-6-4-7-13-19)23-21(25)18-11-10-16-24(17-18)28(26,27)20-14-8-5-9-15-20/h4-9,12-15,18H,3,10-11,16-17H2,1-2H3,(H,23,25). The van der Waals surface area contributed by atoms with Crippen LogP contribution in [0, 0.1) is 5.92 Å². The first kappa shape index (κ1) is 20.6. The van der Waals surface area contributed by atoms with E-state index in [1.54, 1.807) is 30.3 Å². The fourth-order valence-corrected chi connectivity index (χ4v) is 5.21. The Morgan fingerprint density at radius 2 is 1.71 bits per heavy atom. The number of sulfonamides is 1. The van der Waals surface area contributed by atoms with Crippen molar-refractivity contribution in [3.8, 4) is 0 Å². The summed E-state index contributed by atoms with van der Waals surface area (Å²) >= 11 is 0. The Balaban J connectivity index is 1.74. The van der Waals surface area contributed by atoms with Gasteiger partial charge in [0, 0.05) is 13.1 Å². The monoisotopic (exact) mass is 400 g/mol. The predicted molar refractivity (Wildman–Crippen MR) is 110 cm³/mol.